The second kappa shape index (κ2) is 6.64. The van der Waals surface area contributed by atoms with Crippen LogP contribution in [0.1, 0.15) is 21.7 Å². The average molecular weight is 352 g/mol. The van der Waals surface area contributed by atoms with E-state index in [1.54, 1.807) is 7.05 Å². The van der Waals surface area contributed by atoms with Gasteiger partial charge in [0.15, 0.2) is 5.69 Å². The van der Waals surface area contributed by atoms with E-state index in [-0.39, 0.29) is 18.4 Å². The Kier molecular flexibility index (Phi) is 4.18. The van der Waals surface area contributed by atoms with Crippen molar-refractivity contribution in [2.45, 2.75) is 19.5 Å². The van der Waals surface area contributed by atoms with Gasteiger partial charge in [-0.1, -0.05) is 6.07 Å². The molecule has 0 fully saturated rings. The molecule has 0 atom stereocenters. The van der Waals surface area contributed by atoms with Gasteiger partial charge < -0.3 is 20.5 Å². The van der Waals surface area contributed by atoms with E-state index in [9.17, 15) is 9.59 Å². The largest absolute Gasteiger partial charge is 0.358 e. The zero-order chi connectivity index (χ0) is 18.1. The van der Waals surface area contributed by atoms with Gasteiger partial charge >= 0.3 is 0 Å². The number of carbonyl (C=O) groups is 2. The van der Waals surface area contributed by atoms with E-state index in [2.05, 4.69) is 26.1 Å². The minimum Gasteiger partial charge on any atom is -0.358 e. The van der Waals surface area contributed by atoms with E-state index in [4.69, 9.17) is 0 Å². The fourth-order valence-electron chi connectivity index (χ4n) is 3.24. The molecule has 8 nitrogen and oxygen atoms in total. The maximum atomic E-state index is 12.6. The van der Waals surface area contributed by atoms with Crippen LogP contribution in [-0.2, 0) is 24.3 Å². The van der Waals surface area contributed by atoms with Crippen LogP contribution >= 0.6 is 0 Å². The van der Waals surface area contributed by atoms with Crippen LogP contribution in [0.5, 0.6) is 0 Å². The number of carbonyl (C=O) groups excluding carboxylic acids is 2. The number of benzene rings is 1. The van der Waals surface area contributed by atoms with Crippen molar-refractivity contribution in [1.29, 1.82) is 0 Å². The molecule has 0 saturated heterocycles. The molecule has 134 valence electrons. The molecule has 0 bridgehead atoms. The third-order valence-electron chi connectivity index (χ3n) is 4.65. The minimum atomic E-state index is -0.241. The molecule has 26 heavy (non-hydrogen) atoms. The zero-order valence-corrected chi connectivity index (χ0v) is 14.4. The minimum absolute atomic E-state index is 0.0763. The molecule has 0 unspecified atom stereocenters. The van der Waals surface area contributed by atoms with Crippen LogP contribution in [0.4, 0.5) is 5.69 Å². The molecule has 1 aliphatic heterocycles. The SMILES string of the molecule is CNC(=O)Cn1ccc2ccc(NC(=O)c3n[nH]c4c3CNCC4)cc21. The summed E-state index contributed by atoms with van der Waals surface area (Å²) in [6, 6.07) is 7.59. The quantitative estimate of drug-likeness (QED) is 0.562. The highest BCUT2D eigenvalue weighted by Gasteiger charge is 2.21. The predicted octanol–water partition coefficient (Wildman–Crippen LogP) is 1.01. The summed E-state index contributed by atoms with van der Waals surface area (Å²) in [5.74, 6) is -0.317. The highest BCUT2D eigenvalue weighted by atomic mass is 16.2. The van der Waals surface area contributed by atoms with Crippen molar-refractivity contribution in [3.8, 4) is 0 Å². The number of amides is 2. The zero-order valence-electron chi connectivity index (χ0n) is 14.4. The first-order valence-electron chi connectivity index (χ1n) is 8.53. The molecule has 1 aromatic carbocycles. The number of H-pyrrole nitrogens is 1. The monoisotopic (exact) mass is 352 g/mol. The van der Waals surface area contributed by atoms with E-state index in [1.807, 2.05) is 35.0 Å². The van der Waals surface area contributed by atoms with Crippen LogP contribution in [0.2, 0.25) is 0 Å². The van der Waals surface area contributed by atoms with Crippen LogP contribution in [-0.4, -0.2) is 40.2 Å². The van der Waals surface area contributed by atoms with Crippen LogP contribution in [0, 0.1) is 0 Å². The lowest BCUT2D eigenvalue weighted by molar-refractivity contribution is -0.121. The van der Waals surface area contributed by atoms with Crippen LogP contribution in [0.15, 0.2) is 30.5 Å². The third-order valence-corrected chi connectivity index (χ3v) is 4.65. The third kappa shape index (κ3) is 2.95. The number of nitrogens with zero attached hydrogens (tertiary/aromatic N) is 2. The summed E-state index contributed by atoms with van der Waals surface area (Å²) >= 11 is 0. The Hall–Kier alpha value is -3.13. The van der Waals surface area contributed by atoms with E-state index < -0.39 is 0 Å². The first kappa shape index (κ1) is 16.3. The van der Waals surface area contributed by atoms with Gasteiger partial charge in [-0.05, 0) is 23.6 Å². The molecular formula is C18H20N6O2. The molecule has 4 rings (SSSR count). The molecular weight excluding hydrogens is 332 g/mol. The summed E-state index contributed by atoms with van der Waals surface area (Å²) in [5.41, 5.74) is 3.92. The second-order valence-corrected chi connectivity index (χ2v) is 6.30. The Morgan fingerprint density at radius 2 is 2.19 bits per heavy atom. The lowest BCUT2D eigenvalue weighted by Crippen LogP contribution is -2.25. The van der Waals surface area contributed by atoms with E-state index in [1.165, 1.54) is 0 Å². The van der Waals surface area contributed by atoms with Crippen LogP contribution < -0.4 is 16.0 Å². The van der Waals surface area contributed by atoms with Gasteiger partial charge in [0.2, 0.25) is 5.91 Å². The molecule has 3 heterocycles. The Morgan fingerprint density at radius 3 is 3.04 bits per heavy atom. The lowest BCUT2D eigenvalue weighted by Gasteiger charge is -2.13. The highest BCUT2D eigenvalue weighted by molar-refractivity contribution is 6.05. The number of nitrogens with one attached hydrogen (secondary N) is 4. The van der Waals surface area contributed by atoms with Gasteiger partial charge in [0.05, 0.1) is 5.52 Å². The number of likely N-dealkylation sites (N-methyl/N-ethyl adjacent to an activating group) is 1. The maximum absolute atomic E-state index is 12.6. The summed E-state index contributed by atoms with van der Waals surface area (Å²) in [6.07, 6.45) is 2.70. The predicted molar refractivity (Wildman–Crippen MR) is 98.0 cm³/mol. The maximum Gasteiger partial charge on any atom is 0.276 e. The van der Waals surface area contributed by atoms with Crippen molar-refractivity contribution in [3.63, 3.8) is 0 Å². The van der Waals surface area contributed by atoms with Crippen molar-refractivity contribution in [1.82, 2.24) is 25.4 Å². The molecule has 2 amide bonds. The smallest absolute Gasteiger partial charge is 0.276 e. The topological polar surface area (TPSA) is 104 Å². The van der Waals surface area contributed by atoms with Crippen molar-refractivity contribution in [2.75, 3.05) is 18.9 Å². The molecule has 0 saturated carbocycles. The van der Waals surface area contributed by atoms with E-state index in [0.29, 0.717) is 17.9 Å². The Balaban J connectivity index is 1.59. The van der Waals surface area contributed by atoms with Gasteiger partial charge in [-0.25, -0.2) is 0 Å². The number of hydrogen-bond donors (Lipinski definition) is 4. The number of fused-ring (bicyclic) bond motifs is 2. The fourth-order valence-corrected chi connectivity index (χ4v) is 3.24. The van der Waals surface area contributed by atoms with Crippen molar-refractivity contribution >= 4 is 28.4 Å². The van der Waals surface area contributed by atoms with Gasteiger partial charge in [0, 0.05) is 49.7 Å². The Bertz CT molecular complexity index is 987. The molecule has 8 heteroatoms. The summed E-state index contributed by atoms with van der Waals surface area (Å²) in [4.78, 5) is 24.3. The molecule has 0 radical (unpaired) electrons. The first-order chi connectivity index (χ1) is 12.7. The van der Waals surface area contributed by atoms with E-state index in [0.717, 1.165) is 35.1 Å². The van der Waals surface area contributed by atoms with Gasteiger partial charge in [0.1, 0.15) is 6.54 Å². The van der Waals surface area contributed by atoms with Crippen LogP contribution in [0.25, 0.3) is 10.9 Å². The summed E-state index contributed by atoms with van der Waals surface area (Å²) in [6.45, 7) is 1.76. The Labute approximate surface area is 150 Å². The average Bonchev–Trinajstić information content (AvgIpc) is 3.26. The number of aromatic amines is 1. The number of aromatic nitrogens is 3. The van der Waals surface area contributed by atoms with Crippen molar-refractivity contribution < 1.29 is 9.59 Å². The summed E-state index contributed by atoms with van der Waals surface area (Å²) in [7, 11) is 1.61. The van der Waals surface area contributed by atoms with Gasteiger partial charge in [-0.2, -0.15) is 5.10 Å². The summed E-state index contributed by atoms with van der Waals surface area (Å²) in [5, 5.41) is 16.9. The number of hydrogen-bond acceptors (Lipinski definition) is 4. The van der Waals surface area contributed by atoms with Crippen molar-refractivity contribution in [3.05, 3.63) is 47.4 Å². The molecule has 4 N–H and O–H groups in total. The molecule has 3 aromatic rings. The number of rotatable bonds is 4. The van der Waals surface area contributed by atoms with Crippen LogP contribution in [0.3, 0.4) is 0 Å². The van der Waals surface area contributed by atoms with Gasteiger partial charge in [0.25, 0.3) is 5.91 Å². The van der Waals surface area contributed by atoms with Crippen molar-refractivity contribution in [2.24, 2.45) is 0 Å². The standard InChI is InChI=1S/C18H20N6O2/c1-19-16(25)10-24-7-5-11-2-3-12(8-15(11)24)21-18(26)17-13-9-20-6-4-14(13)22-23-17/h2-3,5,7-8,20H,4,6,9-10H2,1H3,(H,19,25)(H,21,26)(H,22,23). The summed E-state index contributed by atoms with van der Waals surface area (Å²) < 4.78 is 1.85. The molecule has 2 aromatic heterocycles. The van der Waals surface area contributed by atoms with E-state index >= 15 is 0 Å². The molecule has 0 aliphatic carbocycles. The Morgan fingerprint density at radius 1 is 1.31 bits per heavy atom. The molecule has 1 aliphatic rings. The highest BCUT2D eigenvalue weighted by Crippen LogP contribution is 2.22. The van der Waals surface area contributed by atoms with Gasteiger partial charge in [-0.3, -0.25) is 14.7 Å². The number of anilines is 1. The fraction of sp³-hybridized carbons (Fsp3) is 0.278. The second-order valence-electron chi connectivity index (χ2n) is 6.30. The lowest BCUT2D eigenvalue weighted by atomic mass is 10.1. The normalized spacial score (nSPS) is 13.4. The molecule has 0 spiro atoms. The first-order valence-corrected chi connectivity index (χ1v) is 8.53. The van der Waals surface area contributed by atoms with Gasteiger partial charge in [-0.15, -0.1) is 0 Å².